The minimum absolute atomic E-state index is 0.0117. The van der Waals surface area contributed by atoms with E-state index in [1.54, 1.807) is 42.8 Å². The number of aromatic nitrogens is 3. The zero-order valence-corrected chi connectivity index (χ0v) is 21.8. The summed E-state index contributed by atoms with van der Waals surface area (Å²) in [6.45, 7) is 3.19. The molecule has 0 spiro atoms. The van der Waals surface area contributed by atoms with Gasteiger partial charge in [-0.25, -0.2) is 9.37 Å². The first-order valence-electron chi connectivity index (χ1n) is 12.0. The molecule has 1 amide bonds. The van der Waals surface area contributed by atoms with Gasteiger partial charge in [-0.1, -0.05) is 11.6 Å². The Balaban J connectivity index is 1.50. The Morgan fingerprint density at radius 3 is 2.74 bits per heavy atom. The fraction of sp³-hybridized carbons (Fsp3) is 0.286. The molecular weight excluding hydrogens is 511 g/mol. The lowest BCUT2D eigenvalue weighted by atomic mass is 9.81. The maximum Gasteiger partial charge on any atom is 0.231 e. The number of pyridine rings is 1. The van der Waals surface area contributed by atoms with Gasteiger partial charge < -0.3 is 15.6 Å². The standard InChI is InChI=1S/C28H26ClFN4O4/c1-27(26(31)36)14-38-25-18(27)12-23(32-24(25)16-4-6-20(30)19(29)11-16)28(2,37)9-8-22(35)15-5-7-21-17(10-15)13-34(3)33-21/h4-7,10-13,37H,8-9,14H2,1-3H3,(H2,31,36)/t27-,28-/m0/s1. The summed E-state index contributed by atoms with van der Waals surface area (Å²) in [4.78, 5) is 30.1. The second kappa shape index (κ2) is 9.18. The number of ketones is 1. The third kappa shape index (κ3) is 4.41. The Hall–Kier alpha value is -3.82. The smallest absolute Gasteiger partial charge is 0.231 e. The third-order valence-electron chi connectivity index (χ3n) is 7.14. The summed E-state index contributed by atoms with van der Waals surface area (Å²) in [5.41, 5.74) is 5.71. The van der Waals surface area contributed by atoms with Crippen molar-refractivity contribution in [2.45, 2.75) is 37.7 Å². The van der Waals surface area contributed by atoms with Crippen LogP contribution < -0.4 is 10.5 Å². The predicted octanol–water partition coefficient (Wildman–Crippen LogP) is 4.43. The van der Waals surface area contributed by atoms with Crippen molar-refractivity contribution in [2.75, 3.05) is 6.61 Å². The van der Waals surface area contributed by atoms with Crippen LogP contribution in [-0.2, 0) is 22.9 Å². The molecule has 3 N–H and O–H groups in total. The van der Waals surface area contributed by atoms with Crippen LogP contribution in [-0.4, -0.2) is 38.2 Å². The summed E-state index contributed by atoms with van der Waals surface area (Å²) < 4.78 is 21.4. The highest BCUT2D eigenvalue weighted by atomic mass is 35.5. The number of Topliss-reactive ketones (excluding diaryl/α,β-unsaturated/α-hetero) is 1. The Morgan fingerprint density at radius 1 is 1.26 bits per heavy atom. The molecule has 0 aliphatic carbocycles. The van der Waals surface area contributed by atoms with E-state index in [1.807, 2.05) is 13.2 Å². The summed E-state index contributed by atoms with van der Waals surface area (Å²) >= 11 is 6.02. The molecule has 0 saturated heterocycles. The van der Waals surface area contributed by atoms with Crippen LogP contribution in [0.25, 0.3) is 22.2 Å². The van der Waals surface area contributed by atoms with Crippen molar-refractivity contribution in [3.05, 3.63) is 76.3 Å². The van der Waals surface area contributed by atoms with Crippen LogP contribution in [0.15, 0.2) is 48.7 Å². The first-order chi connectivity index (χ1) is 17.9. The quantitative estimate of drug-likeness (QED) is 0.337. The molecule has 2 atom stereocenters. The number of nitrogens with zero attached hydrogens (tertiary/aromatic N) is 3. The number of fused-ring (bicyclic) bond motifs is 2. The molecule has 10 heteroatoms. The number of primary amides is 1. The molecule has 0 unspecified atom stereocenters. The molecule has 0 fully saturated rings. The van der Waals surface area contributed by atoms with E-state index in [9.17, 15) is 19.1 Å². The van der Waals surface area contributed by atoms with Crippen LogP contribution in [0.2, 0.25) is 5.02 Å². The number of ether oxygens (including phenoxy) is 1. The maximum absolute atomic E-state index is 13.9. The topological polar surface area (TPSA) is 120 Å². The van der Waals surface area contributed by atoms with Gasteiger partial charge in [-0.15, -0.1) is 0 Å². The van der Waals surface area contributed by atoms with E-state index in [1.165, 1.54) is 18.2 Å². The highest BCUT2D eigenvalue weighted by Crippen LogP contribution is 2.46. The Labute approximate surface area is 223 Å². The van der Waals surface area contributed by atoms with Gasteiger partial charge in [0.1, 0.15) is 34.9 Å². The average molecular weight is 537 g/mol. The fourth-order valence-electron chi connectivity index (χ4n) is 4.65. The van der Waals surface area contributed by atoms with Gasteiger partial charge in [0.25, 0.3) is 0 Å². The maximum atomic E-state index is 13.9. The molecule has 38 heavy (non-hydrogen) atoms. The number of hydrogen-bond donors (Lipinski definition) is 2. The van der Waals surface area contributed by atoms with Crippen LogP contribution >= 0.6 is 11.6 Å². The second-order valence-electron chi connectivity index (χ2n) is 10.1. The summed E-state index contributed by atoms with van der Waals surface area (Å²) in [5, 5.41) is 16.6. The van der Waals surface area contributed by atoms with Gasteiger partial charge in [0.15, 0.2) is 5.78 Å². The molecule has 1 aliphatic heterocycles. The highest BCUT2D eigenvalue weighted by Gasteiger charge is 2.45. The molecule has 1 aliphatic rings. The molecule has 2 aromatic heterocycles. The minimum atomic E-state index is -1.55. The van der Waals surface area contributed by atoms with E-state index in [0.717, 1.165) is 10.9 Å². The zero-order chi connectivity index (χ0) is 27.4. The average Bonchev–Trinajstić information content (AvgIpc) is 3.43. The Bertz CT molecular complexity index is 1620. The molecule has 8 nitrogen and oxygen atoms in total. The molecule has 5 rings (SSSR count). The van der Waals surface area contributed by atoms with Crippen molar-refractivity contribution in [3.8, 4) is 17.0 Å². The van der Waals surface area contributed by atoms with E-state index < -0.39 is 22.7 Å². The first kappa shape index (κ1) is 25.8. The molecular formula is C28H26ClFN4O4. The molecule has 0 bridgehead atoms. The molecule has 0 radical (unpaired) electrons. The lowest BCUT2D eigenvalue weighted by Crippen LogP contribution is -2.40. The van der Waals surface area contributed by atoms with Crippen LogP contribution in [0.1, 0.15) is 48.3 Å². The van der Waals surface area contributed by atoms with E-state index in [4.69, 9.17) is 22.1 Å². The SMILES string of the molecule is Cn1cc2cc(C(=O)CC[C@](C)(O)c3cc4c(c(-c5ccc(F)c(Cl)c5)n3)OC[C@]4(C)C(N)=O)ccc2n1. The number of hydrogen-bond acceptors (Lipinski definition) is 6. The highest BCUT2D eigenvalue weighted by molar-refractivity contribution is 6.31. The van der Waals surface area contributed by atoms with Crippen molar-refractivity contribution in [2.24, 2.45) is 12.8 Å². The second-order valence-corrected chi connectivity index (χ2v) is 10.5. The van der Waals surface area contributed by atoms with Crippen molar-refractivity contribution in [1.29, 1.82) is 0 Å². The monoisotopic (exact) mass is 536 g/mol. The number of aryl methyl sites for hydroxylation is 1. The largest absolute Gasteiger partial charge is 0.489 e. The van der Waals surface area contributed by atoms with Gasteiger partial charge in [-0.2, -0.15) is 5.10 Å². The van der Waals surface area contributed by atoms with Gasteiger partial charge in [-0.3, -0.25) is 14.3 Å². The zero-order valence-electron chi connectivity index (χ0n) is 21.1. The van der Waals surface area contributed by atoms with E-state index in [-0.39, 0.29) is 41.6 Å². The predicted molar refractivity (Wildman–Crippen MR) is 141 cm³/mol. The van der Waals surface area contributed by atoms with Crippen molar-refractivity contribution in [1.82, 2.24) is 14.8 Å². The summed E-state index contributed by atoms with van der Waals surface area (Å²) in [5.74, 6) is -1.03. The molecule has 196 valence electrons. The minimum Gasteiger partial charge on any atom is -0.489 e. The third-order valence-corrected chi connectivity index (χ3v) is 7.43. The molecule has 4 aromatic rings. The fourth-order valence-corrected chi connectivity index (χ4v) is 4.83. The molecule has 2 aromatic carbocycles. The Morgan fingerprint density at radius 2 is 2.03 bits per heavy atom. The summed E-state index contributed by atoms with van der Waals surface area (Å²) in [7, 11) is 1.81. The van der Waals surface area contributed by atoms with Gasteiger partial charge in [0.2, 0.25) is 5.91 Å². The van der Waals surface area contributed by atoms with E-state index >= 15 is 0 Å². The van der Waals surface area contributed by atoms with Crippen molar-refractivity contribution in [3.63, 3.8) is 0 Å². The number of carbonyl (C=O) groups is 2. The first-order valence-corrected chi connectivity index (χ1v) is 12.4. The summed E-state index contributed by atoms with van der Waals surface area (Å²) in [6, 6.07) is 11.0. The molecule has 0 saturated carbocycles. The molecule has 3 heterocycles. The number of halogens is 2. The van der Waals surface area contributed by atoms with E-state index in [0.29, 0.717) is 22.4 Å². The normalized spacial score (nSPS) is 18.2. The number of rotatable bonds is 7. The number of carbonyl (C=O) groups excluding carboxylic acids is 2. The lowest BCUT2D eigenvalue weighted by molar-refractivity contribution is -0.123. The Kier molecular flexibility index (Phi) is 6.24. The van der Waals surface area contributed by atoms with Crippen LogP contribution in [0.4, 0.5) is 4.39 Å². The van der Waals surface area contributed by atoms with Gasteiger partial charge in [0, 0.05) is 41.7 Å². The van der Waals surface area contributed by atoms with Crippen LogP contribution in [0.5, 0.6) is 5.75 Å². The lowest BCUT2D eigenvalue weighted by Gasteiger charge is -2.26. The number of amides is 1. The van der Waals surface area contributed by atoms with Gasteiger partial charge in [-0.05, 0) is 62.7 Å². The van der Waals surface area contributed by atoms with Crippen molar-refractivity contribution >= 4 is 34.2 Å². The van der Waals surface area contributed by atoms with Crippen LogP contribution in [0.3, 0.4) is 0 Å². The van der Waals surface area contributed by atoms with Gasteiger partial charge in [0.05, 0.1) is 16.2 Å². The number of benzene rings is 2. The summed E-state index contributed by atoms with van der Waals surface area (Å²) in [6.07, 6.45) is 1.93. The van der Waals surface area contributed by atoms with Gasteiger partial charge >= 0.3 is 0 Å². The number of nitrogens with two attached hydrogens (primary N) is 1. The number of aliphatic hydroxyl groups is 1. The van der Waals surface area contributed by atoms with E-state index in [2.05, 4.69) is 10.1 Å². The van der Waals surface area contributed by atoms with Crippen molar-refractivity contribution < 1.29 is 23.8 Å². The van der Waals surface area contributed by atoms with Crippen LogP contribution in [0, 0.1) is 5.82 Å².